The molecule has 1 fully saturated rings. The Morgan fingerprint density at radius 3 is 2.60 bits per heavy atom. The number of hydrogen-bond acceptors (Lipinski definition) is 5. The molecule has 0 aliphatic carbocycles. The van der Waals surface area contributed by atoms with E-state index in [0.29, 0.717) is 42.3 Å². The van der Waals surface area contributed by atoms with Crippen molar-refractivity contribution in [3.63, 3.8) is 0 Å². The van der Waals surface area contributed by atoms with Crippen LogP contribution in [0.1, 0.15) is 35.2 Å². The summed E-state index contributed by atoms with van der Waals surface area (Å²) < 4.78 is 39.2. The fraction of sp³-hybridized carbons (Fsp3) is 0.409. The van der Waals surface area contributed by atoms with Crippen molar-refractivity contribution in [3.8, 4) is 11.5 Å². The van der Waals surface area contributed by atoms with E-state index in [9.17, 15) is 13.2 Å². The van der Waals surface area contributed by atoms with Crippen LogP contribution in [0.25, 0.3) is 0 Å². The molecule has 2 aromatic carbocycles. The normalized spacial score (nSPS) is 19.3. The second-order valence-electron chi connectivity index (χ2n) is 7.65. The summed E-state index contributed by atoms with van der Waals surface area (Å²) >= 11 is 0. The Bertz CT molecular complexity index is 1030. The third-order valence-electron chi connectivity index (χ3n) is 5.44. The molecular formula is C22H26N2O5S. The molecule has 2 aliphatic rings. The van der Waals surface area contributed by atoms with Crippen LogP contribution in [0.3, 0.4) is 0 Å². The van der Waals surface area contributed by atoms with Crippen LogP contribution < -0.4 is 14.8 Å². The van der Waals surface area contributed by atoms with Gasteiger partial charge in [-0.05, 0) is 49.6 Å². The van der Waals surface area contributed by atoms with Gasteiger partial charge in [0.2, 0.25) is 10.0 Å². The number of para-hydroxylation sites is 2. The highest BCUT2D eigenvalue weighted by Gasteiger charge is 2.28. The molecule has 4 rings (SSSR count). The molecule has 30 heavy (non-hydrogen) atoms. The molecule has 2 aromatic rings. The zero-order valence-electron chi connectivity index (χ0n) is 17.0. The Hall–Kier alpha value is -2.58. The number of hydrogen-bond donors (Lipinski definition) is 1. The van der Waals surface area contributed by atoms with E-state index in [0.717, 1.165) is 19.3 Å². The molecule has 2 aliphatic heterocycles. The van der Waals surface area contributed by atoms with Gasteiger partial charge in [-0.15, -0.1) is 0 Å². The van der Waals surface area contributed by atoms with E-state index in [2.05, 4.69) is 5.32 Å². The molecule has 0 radical (unpaired) electrons. The SMILES string of the molecule is Cc1ccc(C(=O)NC[C@@H]2COc3ccccc3O2)cc1S(=O)(=O)N1CCCCC1. The van der Waals surface area contributed by atoms with Crippen LogP contribution >= 0.6 is 0 Å². The maximum Gasteiger partial charge on any atom is 0.251 e. The predicted molar refractivity (Wildman–Crippen MR) is 112 cm³/mol. The highest BCUT2D eigenvalue weighted by Crippen LogP contribution is 2.30. The van der Waals surface area contributed by atoms with Gasteiger partial charge in [0.1, 0.15) is 12.7 Å². The Morgan fingerprint density at radius 1 is 1.10 bits per heavy atom. The highest BCUT2D eigenvalue weighted by molar-refractivity contribution is 7.89. The summed E-state index contributed by atoms with van der Waals surface area (Å²) in [6, 6.07) is 12.2. The first-order chi connectivity index (χ1) is 14.4. The van der Waals surface area contributed by atoms with Crippen molar-refractivity contribution in [1.82, 2.24) is 9.62 Å². The molecule has 1 N–H and O–H groups in total. The van der Waals surface area contributed by atoms with Crippen LogP contribution in [0, 0.1) is 6.92 Å². The summed E-state index contributed by atoms with van der Waals surface area (Å²) in [4.78, 5) is 12.9. The maximum atomic E-state index is 13.1. The smallest absolute Gasteiger partial charge is 0.251 e. The number of piperidine rings is 1. The number of amides is 1. The zero-order chi connectivity index (χ0) is 21.1. The number of sulfonamides is 1. The quantitative estimate of drug-likeness (QED) is 0.789. The minimum Gasteiger partial charge on any atom is -0.486 e. The van der Waals surface area contributed by atoms with Crippen LogP contribution in [-0.4, -0.2) is 51.0 Å². The molecule has 0 unspecified atom stereocenters. The molecular weight excluding hydrogens is 404 g/mol. The lowest BCUT2D eigenvalue weighted by atomic mass is 10.1. The van der Waals surface area contributed by atoms with Crippen LogP contribution in [0.4, 0.5) is 0 Å². The number of carbonyl (C=O) groups excluding carboxylic acids is 1. The van der Waals surface area contributed by atoms with Gasteiger partial charge in [-0.25, -0.2) is 8.42 Å². The second-order valence-corrected chi connectivity index (χ2v) is 9.56. The molecule has 0 aromatic heterocycles. The number of fused-ring (bicyclic) bond motifs is 1. The minimum atomic E-state index is -3.61. The largest absolute Gasteiger partial charge is 0.486 e. The summed E-state index contributed by atoms with van der Waals surface area (Å²) in [6.07, 6.45) is 2.46. The molecule has 1 saturated heterocycles. The van der Waals surface area contributed by atoms with Gasteiger partial charge in [0.15, 0.2) is 11.5 Å². The van der Waals surface area contributed by atoms with Gasteiger partial charge < -0.3 is 14.8 Å². The summed E-state index contributed by atoms with van der Waals surface area (Å²) in [7, 11) is -3.61. The number of ether oxygens (including phenoxy) is 2. The third kappa shape index (κ3) is 4.29. The Balaban J connectivity index is 1.44. The van der Waals surface area contributed by atoms with Crippen molar-refractivity contribution in [3.05, 3.63) is 53.6 Å². The first-order valence-electron chi connectivity index (χ1n) is 10.2. The van der Waals surface area contributed by atoms with Gasteiger partial charge in [0, 0.05) is 18.7 Å². The van der Waals surface area contributed by atoms with E-state index in [1.165, 1.54) is 10.4 Å². The van der Waals surface area contributed by atoms with Gasteiger partial charge in [-0.3, -0.25) is 4.79 Å². The standard InChI is InChI=1S/C22H26N2O5S/c1-16-9-10-17(13-21(16)30(26,27)24-11-5-2-6-12-24)22(25)23-14-18-15-28-19-7-3-4-8-20(19)29-18/h3-4,7-10,13,18H,2,5-6,11-12,14-15H2,1H3,(H,23,25)/t18-/m1/s1. The van der Waals surface area contributed by atoms with Gasteiger partial charge in [0.25, 0.3) is 5.91 Å². The zero-order valence-corrected chi connectivity index (χ0v) is 17.8. The van der Waals surface area contributed by atoms with Gasteiger partial charge in [-0.1, -0.05) is 24.6 Å². The fourth-order valence-corrected chi connectivity index (χ4v) is 5.50. The Kier molecular flexibility index (Phi) is 5.97. The van der Waals surface area contributed by atoms with E-state index in [4.69, 9.17) is 9.47 Å². The first-order valence-corrected chi connectivity index (χ1v) is 11.7. The number of nitrogens with one attached hydrogen (secondary N) is 1. The number of aryl methyl sites for hydroxylation is 1. The Labute approximate surface area is 177 Å². The average molecular weight is 431 g/mol. The summed E-state index contributed by atoms with van der Waals surface area (Å²) in [5, 5.41) is 2.82. The van der Waals surface area contributed by atoms with Gasteiger partial charge in [0.05, 0.1) is 11.4 Å². The lowest BCUT2D eigenvalue weighted by Crippen LogP contribution is -2.40. The van der Waals surface area contributed by atoms with E-state index < -0.39 is 10.0 Å². The topological polar surface area (TPSA) is 84.9 Å². The lowest BCUT2D eigenvalue weighted by Gasteiger charge is -2.27. The maximum absolute atomic E-state index is 13.1. The number of benzene rings is 2. The monoisotopic (exact) mass is 430 g/mol. The molecule has 1 atom stereocenters. The molecule has 0 bridgehead atoms. The van der Waals surface area contributed by atoms with Crippen molar-refractivity contribution >= 4 is 15.9 Å². The number of rotatable bonds is 5. The number of nitrogens with zero attached hydrogens (tertiary/aromatic N) is 1. The van der Waals surface area contributed by atoms with Crippen LogP contribution in [0.2, 0.25) is 0 Å². The second kappa shape index (κ2) is 8.65. The van der Waals surface area contributed by atoms with Crippen molar-refractivity contribution in [2.45, 2.75) is 37.2 Å². The van der Waals surface area contributed by atoms with E-state index >= 15 is 0 Å². The highest BCUT2D eigenvalue weighted by atomic mass is 32.2. The molecule has 0 saturated carbocycles. The van der Waals surface area contributed by atoms with Crippen molar-refractivity contribution < 1.29 is 22.7 Å². The molecule has 1 amide bonds. The van der Waals surface area contributed by atoms with E-state index in [-0.39, 0.29) is 23.5 Å². The van der Waals surface area contributed by atoms with Crippen molar-refractivity contribution in [1.29, 1.82) is 0 Å². The molecule has 7 nitrogen and oxygen atoms in total. The summed E-state index contributed by atoms with van der Waals surface area (Å²) in [5.74, 6) is 0.993. The average Bonchev–Trinajstić information content (AvgIpc) is 2.78. The Morgan fingerprint density at radius 2 is 1.83 bits per heavy atom. The predicted octanol–water partition coefficient (Wildman–Crippen LogP) is 2.74. The summed E-state index contributed by atoms with van der Waals surface area (Å²) in [6.45, 7) is 3.40. The van der Waals surface area contributed by atoms with Crippen LogP contribution in [-0.2, 0) is 10.0 Å². The van der Waals surface area contributed by atoms with Crippen molar-refractivity contribution in [2.24, 2.45) is 0 Å². The summed E-state index contributed by atoms with van der Waals surface area (Å²) in [5.41, 5.74) is 0.950. The molecule has 2 heterocycles. The lowest BCUT2D eigenvalue weighted by molar-refractivity contribution is 0.0789. The van der Waals surface area contributed by atoms with Gasteiger partial charge in [-0.2, -0.15) is 4.31 Å². The fourth-order valence-electron chi connectivity index (χ4n) is 3.74. The van der Waals surface area contributed by atoms with Crippen LogP contribution in [0.15, 0.2) is 47.4 Å². The first kappa shape index (κ1) is 20.7. The molecule has 8 heteroatoms. The van der Waals surface area contributed by atoms with E-state index in [1.54, 1.807) is 19.1 Å². The van der Waals surface area contributed by atoms with Crippen molar-refractivity contribution in [2.75, 3.05) is 26.2 Å². The molecule has 160 valence electrons. The minimum absolute atomic E-state index is 0.197. The number of carbonyl (C=O) groups is 1. The molecule has 0 spiro atoms. The van der Waals surface area contributed by atoms with Crippen LogP contribution in [0.5, 0.6) is 11.5 Å². The van der Waals surface area contributed by atoms with E-state index in [1.807, 2.05) is 24.3 Å². The third-order valence-corrected chi connectivity index (χ3v) is 7.48. The van der Waals surface area contributed by atoms with Gasteiger partial charge >= 0.3 is 0 Å².